The van der Waals surface area contributed by atoms with E-state index in [4.69, 9.17) is 5.11 Å². The Hall–Kier alpha value is -2.42. The highest BCUT2D eigenvalue weighted by molar-refractivity contribution is 5.85. The standard InChI is InChI=1S/C15H13NO2/c17-15(18)9-8-12-5-1-2-6-13(12)11-14-7-3-4-10-16-14/h1-10H,11H2,(H,17,18). The normalized spacial score (nSPS) is 10.7. The van der Waals surface area contributed by atoms with Crippen molar-refractivity contribution in [2.45, 2.75) is 6.42 Å². The molecule has 1 aromatic carbocycles. The average Bonchev–Trinajstić information content (AvgIpc) is 2.39. The lowest BCUT2D eigenvalue weighted by atomic mass is 10.0. The Balaban J connectivity index is 2.25. The molecule has 0 aliphatic rings. The Morgan fingerprint density at radius 1 is 1.17 bits per heavy atom. The van der Waals surface area contributed by atoms with Crippen molar-refractivity contribution < 1.29 is 9.90 Å². The molecule has 1 aromatic heterocycles. The topological polar surface area (TPSA) is 50.2 Å². The first-order valence-electron chi connectivity index (χ1n) is 5.64. The van der Waals surface area contributed by atoms with Crippen molar-refractivity contribution in [2.75, 3.05) is 0 Å². The summed E-state index contributed by atoms with van der Waals surface area (Å²) >= 11 is 0. The molecule has 0 spiro atoms. The number of hydrogen-bond acceptors (Lipinski definition) is 2. The summed E-state index contributed by atoms with van der Waals surface area (Å²) in [6, 6.07) is 13.5. The predicted molar refractivity (Wildman–Crippen MR) is 70.2 cm³/mol. The number of pyridine rings is 1. The van der Waals surface area contributed by atoms with Crippen LogP contribution >= 0.6 is 0 Å². The molecule has 3 nitrogen and oxygen atoms in total. The third-order valence-corrected chi connectivity index (χ3v) is 2.56. The van der Waals surface area contributed by atoms with Crippen LogP contribution in [0.1, 0.15) is 16.8 Å². The van der Waals surface area contributed by atoms with Crippen LogP contribution in [0.15, 0.2) is 54.7 Å². The van der Waals surface area contributed by atoms with Gasteiger partial charge in [-0.1, -0.05) is 30.3 Å². The molecule has 0 saturated heterocycles. The van der Waals surface area contributed by atoms with Crippen molar-refractivity contribution in [3.8, 4) is 0 Å². The number of aliphatic carboxylic acids is 1. The van der Waals surface area contributed by atoms with Gasteiger partial charge in [0.05, 0.1) is 0 Å². The lowest BCUT2D eigenvalue weighted by Gasteiger charge is -2.05. The number of carbonyl (C=O) groups is 1. The predicted octanol–water partition coefficient (Wildman–Crippen LogP) is 2.77. The van der Waals surface area contributed by atoms with Crippen molar-refractivity contribution in [3.05, 3.63) is 71.6 Å². The summed E-state index contributed by atoms with van der Waals surface area (Å²) in [7, 11) is 0. The first kappa shape index (κ1) is 12.0. The van der Waals surface area contributed by atoms with Crippen LogP contribution in [0.4, 0.5) is 0 Å². The van der Waals surface area contributed by atoms with Gasteiger partial charge in [0.25, 0.3) is 0 Å². The smallest absolute Gasteiger partial charge is 0.328 e. The molecular formula is C15H13NO2. The SMILES string of the molecule is O=C(O)C=Cc1ccccc1Cc1ccccn1. The van der Waals surface area contributed by atoms with E-state index in [1.807, 2.05) is 42.5 Å². The molecule has 0 bridgehead atoms. The highest BCUT2D eigenvalue weighted by atomic mass is 16.4. The van der Waals surface area contributed by atoms with Crippen molar-refractivity contribution >= 4 is 12.0 Å². The maximum Gasteiger partial charge on any atom is 0.328 e. The molecule has 90 valence electrons. The van der Waals surface area contributed by atoms with Gasteiger partial charge in [-0.05, 0) is 29.3 Å². The molecule has 0 fully saturated rings. The van der Waals surface area contributed by atoms with E-state index in [0.29, 0.717) is 6.42 Å². The number of nitrogens with zero attached hydrogens (tertiary/aromatic N) is 1. The highest BCUT2D eigenvalue weighted by Gasteiger charge is 2.01. The van der Waals surface area contributed by atoms with E-state index in [0.717, 1.165) is 22.9 Å². The molecule has 2 aromatic rings. The molecule has 0 radical (unpaired) electrons. The second-order valence-corrected chi connectivity index (χ2v) is 3.87. The van der Waals surface area contributed by atoms with Gasteiger partial charge in [0.1, 0.15) is 0 Å². The number of hydrogen-bond donors (Lipinski definition) is 1. The number of benzene rings is 1. The van der Waals surface area contributed by atoms with Crippen molar-refractivity contribution in [3.63, 3.8) is 0 Å². The van der Waals surface area contributed by atoms with Crippen molar-refractivity contribution in [1.82, 2.24) is 4.98 Å². The average molecular weight is 239 g/mol. The first-order chi connectivity index (χ1) is 8.75. The van der Waals surface area contributed by atoms with Gasteiger partial charge in [0.15, 0.2) is 0 Å². The molecule has 18 heavy (non-hydrogen) atoms. The largest absolute Gasteiger partial charge is 0.478 e. The van der Waals surface area contributed by atoms with Gasteiger partial charge < -0.3 is 5.11 Å². The highest BCUT2D eigenvalue weighted by Crippen LogP contribution is 2.14. The van der Waals surface area contributed by atoms with Crippen LogP contribution < -0.4 is 0 Å². The molecule has 1 N–H and O–H groups in total. The summed E-state index contributed by atoms with van der Waals surface area (Å²) in [5.74, 6) is -0.942. The molecule has 2 rings (SSSR count). The maximum absolute atomic E-state index is 10.5. The zero-order chi connectivity index (χ0) is 12.8. The van der Waals surface area contributed by atoms with E-state index >= 15 is 0 Å². The molecule has 3 heteroatoms. The summed E-state index contributed by atoms with van der Waals surface area (Å²) in [5, 5.41) is 8.66. The van der Waals surface area contributed by atoms with Gasteiger partial charge in [-0.25, -0.2) is 4.79 Å². The first-order valence-corrected chi connectivity index (χ1v) is 5.64. The quantitative estimate of drug-likeness (QED) is 0.834. The third-order valence-electron chi connectivity index (χ3n) is 2.56. The van der Waals surface area contributed by atoms with Crippen LogP contribution in [0, 0.1) is 0 Å². The molecule has 0 aliphatic heterocycles. The van der Waals surface area contributed by atoms with Gasteiger partial charge >= 0.3 is 5.97 Å². The molecular weight excluding hydrogens is 226 g/mol. The van der Waals surface area contributed by atoms with Crippen LogP contribution in [0.25, 0.3) is 6.08 Å². The lowest BCUT2D eigenvalue weighted by molar-refractivity contribution is -0.131. The lowest BCUT2D eigenvalue weighted by Crippen LogP contribution is -1.94. The van der Waals surface area contributed by atoms with E-state index in [1.165, 1.54) is 0 Å². The fourth-order valence-electron chi connectivity index (χ4n) is 1.72. The summed E-state index contributed by atoms with van der Waals surface area (Å²) in [6.07, 6.45) is 5.21. The molecule has 0 saturated carbocycles. The van der Waals surface area contributed by atoms with Crippen LogP contribution in [0.3, 0.4) is 0 Å². The Kier molecular flexibility index (Phi) is 3.86. The van der Waals surface area contributed by atoms with Gasteiger partial charge in [-0.2, -0.15) is 0 Å². The Morgan fingerprint density at radius 3 is 2.67 bits per heavy atom. The summed E-state index contributed by atoms with van der Waals surface area (Å²) < 4.78 is 0. The fraction of sp³-hybridized carbons (Fsp3) is 0.0667. The van der Waals surface area contributed by atoms with Crippen LogP contribution in [-0.4, -0.2) is 16.1 Å². The van der Waals surface area contributed by atoms with E-state index in [-0.39, 0.29) is 0 Å². The number of rotatable bonds is 4. The Bertz CT molecular complexity index is 562. The minimum absolute atomic E-state index is 0.695. The molecule has 0 unspecified atom stereocenters. The van der Waals surface area contributed by atoms with E-state index in [9.17, 15) is 4.79 Å². The Morgan fingerprint density at radius 2 is 1.94 bits per heavy atom. The zero-order valence-corrected chi connectivity index (χ0v) is 9.78. The molecule has 1 heterocycles. The van der Waals surface area contributed by atoms with Gasteiger partial charge in [0.2, 0.25) is 0 Å². The number of carboxylic acid groups (broad SMARTS) is 1. The monoisotopic (exact) mass is 239 g/mol. The van der Waals surface area contributed by atoms with Crippen molar-refractivity contribution in [1.29, 1.82) is 0 Å². The molecule has 0 aliphatic carbocycles. The van der Waals surface area contributed by atoms with Crippen molar-refractivity contribution in [2.24, 2.45) is 0 Å². The number of aromatic nitrogens is 1. The summed E-state index contributed by atoms with van der Waals surface area (Å²) in [6.45, 7) is 0. The third kappa shape index (κ3) is 3.28. The molecule has 0 atom stereocenters. The number of carboxylic acids is 1. The minimum Gasteiger partial charge on any atom is -0.478 e. The summed E-state index contributed by atoms with van der Waals surface area (Å²) in [5.41, 5.74) is 2.94. The second kappa shape index (κ2) is 5.77. The zero-order valence-electron chi connectivity index (χ0n) is 9.78. The van der Waals surface area contributed by atoms with Gasteiger partial charge in [-0.15, -0.1) is 0 Å². The maximum atomic E-state index is 10.5. The van der Waals surface area contributed by atoms with E-state index in [1.54, 1.807) is 12.3 Å². The van der Waals surface area contributed by atoms with Gasteiger partial charge in [0, 0.05) is 24.4 Å². The fourth-order valence-corrected chi connectivity index (χ4v) is 1.72. The van der Waals surface area contributed by atoms with Crippen LogP contribution in [0.2, 0.25) is 0 Å². The molecule has 0 amide bonds. The Labute approximate surface area is 105 Å². The van der Waals surface area contributed by atoms with E-state index < -0.39 is 5.97 Å². The van der Waals surface area contributed by atoms with E-state index in [2.05, 4.69) is 4.98 Å². The second-order valence-electron chi connectivity index (χ2n) is 3.87. The summed E-state index contributed by atoms with van der Waals surface area (Å²) in [4.78, 5) is 14.8. The van der Waals surface area contributed by atoms with Crippen LogP contribution in [0.5, 0.6) is 0 Å². The van der Waals surface area contributed by atoms with Gasteiger partial charge in [-0.3, -0.25) is 4.98 Å². The van der Waals surface area contributed by atoms with Crippen LogP contribution in [-0.2, 0) is 11.2 Å². The minimum atomic E-state index is -0.942.